The van der Waals surface area contributed by atoms with Crippen LogP contribution >= 0.6 is 0 Å². The summed E-state index contributed by atoms with van der Waals surface area (Å²) < 4.78 is 5.25. The number of nitriles is 1. The van der Waals surface area contributed by atoms with Gasteiger partial charge >= 0.3 is 0 Å². The fourth-order valence-corrected chi connectivity index (χ4v) is 1.57. The van der Waals surface area contributed by atoms with Crippen LogP contribution in [-0.4, -0.2) is 12.0 Å². The smallest absolute Gasteiger partial charge is 0.152 e. The van der Waals surface area contributed by atoms with Gasteiger partial charge < -0.3 is 15.1 Å². The molecule has 0 amide bonds. The molecule has 2 rings (SSSR count). The van der Waals surface area contributed by atoms with E-state index in [1.165, 1.54) is 6.20 Å². The first-order valence-corrected chi connectivity index (χ1v) is 5.10. The lowest BCUT2D eigenvalue weighted by Crippen LogP contribution is -2.18. The highest BCUT2D eigenvalue weighted by Gasteiger charge is 2.09. The number of nitrogens with zero attached hydrogens (tertiary/aromatic N) is 3. The molecule has 2 heterocycles. The Labute approximate surface area is 99.1 Å². The highest BCUT2D eigenvalue weighted by Crippen LogP contribution is 2.21. The summed E-state index contributed by atoms with van der Waals surface area (Å²) in [6.45, 7) is 0.579. The summed E-state index contributed by atoms with van der Waals surface area (Å²) in [5.41, 5.74) is 6.78. The van der Waals surface area contributed by atoms with Gasteiger partial charge in [0.25, 0.3) is 0 Å². The van der Waals surface area contributed by atoms with Crippen molar-refractivity contribution in [3.63, 3.8) is 0 Å². The zero-order valence-corrected chi connectivity index (χ0v) is 9.42. The van der Waals surface area contributed by atoms with Gasteiger partial charge in [0, 0.05) is 13.2 Å². The fourth-order valence-electron chi connectivity index (χ4n) is 1.57. The molecule has 0 aliphatic carbocycles. The highest BCUT2D eigenvalue weighted by atomic mass is 16.3. The average molecular weight is 228 g/mol. The number of rotatable bonds is 3. The van der Waals surface area contributed by atoms with Gasteiger partial charge in [-0.05, 0) is 18.2 Å². The van der Waals surface area contributed by atoms with Crippen LogP contribution in [0.3, 0.4) is 0 Å². The van der Waals surface area contributed by atoms with Gasteiger partial charge in [0.05, 0.1) is 24.1 Å². The first kappa shape index (κ1) is 11.0. The predicted octanol–water partition coefficient (Wildman–Crippen LogP) is 1.76. The van der Waals surface area contributed by atoms with Crippen LogP contribution in [0.1, 0.15) is 11.3 Å². The monoisotopic (exact) mass is 228 g/mol. The summed E-state index contributed by atoms with van der Waals surface area (Å²) in [4.78, 5) is 6.04. The van der Waals surface area contributed by atoms with E-state index < -0.39 is 0 Å². The van der Waals surface area contributed by atoms with Crippen molar-refractivity contribution >= 4 is 11.5 Å². The quantitative estimate of drug-likeness (QED) is 0.865. The van der Waals surface area contributed by atoms with Crippen LogP contribution in [0.25, 0.3) is 0 Å². The normalized spacial score (nSPS) is 9.88. The van der Waals surface area contributed by atoms with Crippen molar-refractivity contribution in [1.82, 2.24) is 4.98 Å². The van der Waals surface area contributed by atoms with Crippen molar-refractivity contribution in [3.8, 4) is 6.07 Å². The van der Waals surface area contributed by atoms with Crippen molar-refractivity contribution in [1.29, 1.82) is 5.26 Å². The minimum atomic E-state index is 0.456. The Balaban J connectivity index is 2.20. The topological polar surface area (TPSA) is 79.1 Å². The molecule has 86 valence electrons. The molecule has 17 heavy (non-hydrogen) atoms. The SMILES string of the molecule is CN(Cc1ccco1)c1ncc(C#N)cc1N. The Morgan fingerprint density at radius 1 is 1.59 bits per heavy atom. The van der Waals surface area contributed by atoms with E-state index in [1.54, 1.807) is 12.3 Å². The zero-order chi connectivity index (χ0) is 12.3. The lowest BCUT2D eigenvalue weighted by molar-refractivity contribution is 0.507. The van der Waals surface area contributed by atoms with Gasteiger partial charge in [0.2, 0.25) is 0 Å². The third-order valence-electron chi connectivity index (χ3n) is 2.36. The lowest BCUT2D eigenvalue weighted by atomic mass is 10.2. The highest BCUT2D eigenvalue weighted by molar-refractivity contribution is 5.64. The molecule has 0 fully saturated rings. The molecule has 2 aromatic rings. The summed E-state index contributed by atoms with van der Waals surface area (Å²) in [6, 6.07) is 7.33. The maximum absolute atomic E-state index is 8.72. The van der Waals surface area contributed by atoms with Gasteiger partial charge in [0.1, 0.15) is 11.8 Å². The fraction of sp³-hybridized carbons (Fsp3) is 0.167. The van der Waals surface area contributed by atoms with Gasteiger partial charge in [-0.1, -0.05) is 0 Å². The van der Waals surface area contributed by atoms with E-state index in [9.17, 15) is 0 Å². The molecule has 0 radical (unpaired) electrons. The molecule has 0 bridgehead atoms. The van der Waals surface area contributed by atoms with Crippen LogP contribution in [-0.2, 0) is 6.54 Å². The van der Waals surface area contributed by atoms with Crippen molar-refractivity contribution in [2.45, 2.75) is 6.54 Å². The van der Waals surface area contributed by atoms with Gasteiger partial charge in [-0.25, -0.2) is 4.98 Å². The molecule has 0 aliphatic rings. The second-order valence-electron chi connectivity index (χ2n) is 3.68. The lowest BCUT2D eigenvalue weighted by Gasteiger charge is -2.18. The number of anilines is 2. The molecular weight excluding hydrogens is 216 g/mol. The first-order valence-electron chi connectivity index (χ1n) is 5.10. The first-order chi connectivity index (χ1) is 8.20. The van der Waals surface area contributed by atoms with Crippen molar-refractivity contribution in [2.24, 2.45) is 0 Å². The molecular formula is C12H12N4O. The Morgan fingerprint density at radius 3 is 3.00 bits per heavy atom. The predicted molar refractivity (Wildman–Crippen MR) is 64.2 cm³/mol. The number of nitrogens with two attached hydrogens (primary N) is 1. The Kier molecular flexibility index (Phi) is 2.97. The Morgan fingerprint density at radius 2 is 2.41 bits per heavy atom. The third kappa shape index (κ3) is 2.37. The van der Waals surface area contributed by atoms with E-state index >= 15 is 0 Å². The number of nitrogen functional groups attached to an aromatic ring is 1. The second kappa shape index (κ2) is 4.58. The molecule has 2 N–H and O–H groups in total. The number of pyridine rings is 1. The molecule has 0 spiro atoms. The van der Waals surface area contributed by atoms with Crippen LogP contribution in [0, 0.1) is 11.3 Å². The molecule has 5 nitrogen and oxygen atoms in total. The van der Waals surface area contributed by atoms with Gasteiger partial charge in [-0.3, -0.25) is 0 Å². The summed E-state index contributed by atoms with van der Waals surface area (Å²) in [5.74, 6) is 1.47. The number of aromatic nitrogens is 1. The Bertz CT molecular complexity index is 542. The maximum atomic E-state index is 8.72. The van der Waals surface area contributed by atoms with Crippen LogP contribution in [0.2, 0.25) is 0 Å². The van der Waals surface area contributed by atoms with Gasteiger partial charge in [-0.2, -0.15) is 5.26 Å². The molecule has 0 aromatic carbocycles. The van der Waals surface area contributed by atoms with Crippen LogP contribution in [0.15, 0.2) is 35.1 Å². The maximum Gasteiger partial charge on any atom is 0.152 e. The zero-order valence-electron chi connectivity index (χ0n) is 9.42. The standard InChI is InChI=1S/C12H12N4O/c1-16(8-10-3-2-4-17-10)12-11(14)5-9(6-13)7-15-12/h2-5,7H,8,14H2,1H3. The van der Waals surface area contributed by atoms with Crippen LogP contribution in [0.5, 0.6) is 0 Å². The summed E-state index contributed by atoms with van der Waals surface area (Å²) in [7, 11) is 1.87. The minimum Gasteiger partial charge on any atom is -0.467 e. The number of furan rings is 1. The number of hydrogen-bond donors (Lipinski definition) is 1. The molecule has 2 aromatic heterocycles. The second-order valence-corrected chi connectivity index (χ2v) is 3.68. The number of hydrogen-bond acceptors (Lipinski definition) is 5. The van der Waals surface area contributed by atoms with Crippen molar-refractivity contribution in [2.75, 3.05) is 17.7 Å². The molecule has 0 atom stereocenters. The molecule has 0 saturated carbocycles. The van der Waals surface area contributed by atoms with E-state index in [0.717, 1.165) is 5.76 Å². The van der Waals surface area contributed by atoms with E-state index in [-0.39, 0.29) is 0 Å². The molecule has 0 unspecified atom stereocenters. The van der Waals surface area contributed by atoms with E-state index in [1.807, 2.05) is 30.1 Å². The van der Waals surface area contributed by atoms with E-state index in [2.05, 4.69) is 4.98 Å². The largest absolute Gasteiger partial charge is 0.467 e. The van der Waals surface area contributed by atoms with E-state index in [4.69, 9.17) is 15.4 Å². The molecule has 0 aliphatic heterocycles. The van der Waals surface area contributed by atoms with Gasteiger partial charge in [0.15, 0.2) is 5.82 Å². The Hall–Kier alpha value is -2.48. The summed E-state index contributed by atoms with van der Waals surface area (Å²) >= 11 is 0. The molecule has 0 saturated heterocycles. The van der Waals surface area contributed by atoms with Gasteiger partial charge in [-0.15, -0.1) is 0 Å². The van der Waals surface area contributed by atoms with Crippen molar-refractivity contribution < 1.29 is 4.42 Å². The summed E-state index contributed by atoms with van der Waals surface area (Å²) in [5, 5.41) is 8.72. The van der Waals surface area contributed by atoms with Crippen LogP contribution in [0.4, 0.5) is 11.5 Å². The van der Waals surface area contributed by atoms with E-state index in [0.29, 0.717) is 23.6 Å². The molecule has 5 heteroatoms. The average Bonchev–Trinajstić information content (AvgIpc) is 2.81. The van der Waals surface area contributed by atoms with Crippen LogP contribution < -0.4 is 10.6 Å². The third-order valence-corrected chi connectivity index (χ3v) is 2.36. The summed E-state index contributed by atoms with van der Waals surface area (Å²) in [6.07, 6.45) is 3.13. The minimum absolute atomic E-state index is 0.456. The van der Waals surface area contributed by atoms with Crippen molar-refractivity contribution in [3.05, 3.63) is 42.0 Å².